The van der Waals surface area contributed by atoms with Crippen LogP contribution in [0.25, 0.3) is 0 Å². The third-order valence-electron chi connectivity index (χ3n) is 3.20. The van der Waals surface area contributed by atoms with Crippen LogP contribution in [0.5, 0.6) is 0 Å². The van der Waals surface area contributed by atoms with Crippen molar-refractivity contribution in [3.8, 4) is 0 Å². The van der Waals surface area contributed by atoms with Gasteiger partial charge in [0.05, 0.1) is 18.3 Å². The molecule has 1 rings (SSSR count). The Balaban J connectivity index is 2.69. The van der Waals surface area contributed by atoms with E-state index >= 15 is 0 Å². The van der Waals surface area contributed by atoms with Crippen molar-refractivity contribution >= 4 is 21.9 Å². The average molecular weight is 343 g/mol. The lowest BCUT2D eigenvalue weighted by atomic mass is 9.73. The molecule has 0 radical (unpaired) electrons. The fraction of sp³-hybridized carbons (Fsp3) is 0.562. The highest BCUT2D eigenvalue weighted by molar-refractivity contribution is 9.10. The number of ether oxygens (including phenoxy) is 1. The Morgan fingerprint density at radius 3 is 2.40 bits per heavy atom. The van der Waals surface area contributed by atoms with E-state index in [0.717, 1.165) is 4.47 Å². The Hall–Kier alpha value is -0.870. The first-order chi connectivity index (χ1) is 9.04. The Labute approximate surface area is 129 Å². The molecular formula is C16H23BrO3. The molecule has 1 N–H and O–H groups in total. The molecule has 1 aromatic rings. The number of benzene rings is 1. The summed E-state index contributed by atoms with van der Waals surface area (Å²) >= 11 is 3.32. The van der Waals surface area contributed by atoms with Gasteiger partial charge in [0.15, 0.2) is 0 Å². The van der Waals surface area contributed by atoms with Crippen molar-refractivity contribution in [2.24, 2.45) is 10.8 Å². The number of hydrogen-bond acceptors (Lipinski definition) is 3. The summed E-state index contributed by atoms with van der Waals surface area (Å²) in [5, 5.41) is 10.3. The van der Waals surface area contributed by atoms with Gasteiger partial charge < -0.3 is 9.84 Å². The Bertz CT molecular complexity index is 475. The number of hydrogen-bond donors (Lipinski definition) is 1. The molecule has 20 heavy (non-hydrogen) atoms. The summed E-state index contributed by atoms with van der Waals surface area (Å²) in [6.45, 7) is 9.88. The molecular weight excluding hydrogens is 320 g/mol. The number of halogens is 1. The number of aliphatic hydroxyl groups excluding tert-OH is 1. The van der Waals surface area contributed by atoms with Crippen molar-refractivity contribution in [2.75, 3.05) is 6.61 Å². The molecule has 0 spiro atoms. The van der Waals surface area contributed by atoms with E-state index in [1.165, 1.54) is 0 Å². The molecule has 1 atom stereocenters. The van der Waals surface area contributed by atoms with E-state index in [1.54, 1.807) is 18.2 Å². The first kappa shape index (κ1) is 17.2. The second-order valence-electron chi connectivity index (χ2n) is 6.84. The van der Waals surface area contributed by atoms with Crippen molar-refractivity contribution in [3.63, 3.8) is 0 Å². The molecule has 4 heteroatoms. The van der Waals surface area contributed by atoms with Crippen molar-refractivity contribution < 1.29 is 14.6 Å². The minimum atomic E-state index is -0.565. The lowest BCUT2D eigenvalue weighted by Crippen LogP contribution is -2.43. The summed E-state index contributed by atoms with van der Waals surface area (Å²) in [4.78, 5) is 12.0. The van der Waals surface area contributed by atoms with E-state index < -0.39 is 11.5 Å². The molecule has 0 heterocycles. The smallest absolute Gasteiger partial charge is 0.338 e. The highest BCUT2D eigenvalue weighted by Crippen LogP contribution is 2.34. The van der Waals surface area contributed by atoms with Gasteiger partial charge in [-0.25, -0.2) is 4.79 Å². The minimum absolute atomic E-state index is 0.177. The maximum absolute atomic E-state index is 12.0. The van der Waals surface area contributed by atoms with Gasteiger partial charge in [0.25, 0.3) is 0 Å². The maximum atomic E-state index is 12.0. The molecule has 0 aliphatic heterocycles. The van der Waals surface area contributed by atoms with Crippen LogP contribution in [0.15, 0.2) is 28.7 Å². The molecule has 1 unspecified atom stereocenters. The van der Waals surface area contributed by atoms with E-state index in [2.05, 4.69) is 15.9 Å². The molecule has 0 aliphatic rings. The van der Waals surface area contributed by atoms with Crippen LogP contribution >= 0.6 is 15.9 Å². The summed E-state index contributed by atoms with van der Waals surface area (Å²) in [5.41, 5.74) is -0.258. The molecule has 0 fully saturated rings. The van der Waals surface area contributed by atoms with Gasteiger partial charge >= 0.3 is 5.97 Å². The summed E-state index contributed by atoms with van der Waals surface area (Å²) < 4.78 is 6.18. The van der Waals surface area contributed by atoms with Gasteiger partial charge in [0.1, 0.15) is 0 Å². The maximum Gasteiger partial charge on any atom is 0.338 e. The molecule has 0 aromatic heterocycles. The Morgan fingerprint density at radius 1 is 1.30 bits per heavy atom. The van der Waals surface area contributed by atoms with Gasteiger partial charge in [0.2, 0.25) is 0 Å². The Kier molecular flexibility index (Phi) is 5.39. The average Bonchev–Trinajstić information content (AvgIpc) is 2.34. The predicted octanol–water partition coefficient (Wildman–Crippen LogP) is 4.04. The van der Waals surface area contributed by atoms with Gasteiger partial charge in [-0.15, -0.1) is 0 Å². The van der Waals surface area contributed by atoms with Crippen molar-refractivity contribution in [2.45, 2.75) is 40.7 Å². The third-order valence-corrected chi connectivity index (χ3v) is 3.69. The topological polar surface area (TPSA) is 46.5 Å². The fourth-order valence-corrected chi connectivity index (χ4v) is 2.60. The van der Waals surface area contributed by atoms with Crippen LogP contribution in [-0.4, -0.2) is 23.8 Å². The lowest BCUT2D eigenvalue weighted by molar-refractivity contribution is -0.0633. The molecule has 0 amide bonds. The van der Waals surface area contributed by atoms with Crippen LogP contribution in [0.1, 0.15) is 45.0 Å². The second kappa shape index (κ2) is 6.27. The van der Waals surface area contributed by atoms with Crippen molar-refractivity contribution in [1.82, 2.24) is 0 Å². The molecule has 0 bridgehead atoms. The molecule has 0 saturated carbocycles. The number of rotatable bonds is 4. The zero-order chi connectivity index (χ0) is 15.6. The van der Waals surface area contributed by atoms with E-state index in [1.807, 2.05) is 40.7 Å². The van der Waals surface area contributed by atoms with Crippen molar-refractivity contribution in [3.05, 3.63) is 34.3 Å². The number of carbonyl (C=O) groups excluding carboxylic acids is 1. The Morgan fingerprint density at radius 2 is 1.90 bits per heavy atom. The van der Waals surface area contributed by atoms with Gasteiger partial charge in [-0.2, -0.15) is 0 Å². The molecule has 0 aliphatic carbocycles. The minimum Gasteiger partial charge on any atom is -0.461 e. The quantitative estimate of drug-likeness (QED) is 0.840. The molecule has 1 aromatic carbocycles. The largest absolute Gasteiger partial charge is 0.461 e. The number of aliphatic hydroxyl groups is 1. The molecule has 112 valence electrons. The van der Waals surface area contributed by atoms with Crippen LogP contribution in [0.4, 0.5) is 0 Å². The highest BCUT2D eigenvalue weighted by Gasteiger charge is 2.37. The van der Waals surface area contributed by atoms with Crippen LogP contribution < -0.4 is 0 Å². The summed E-state index contributed by atoms with van der Waals surface area (Å²) in [5.74, 6) is -0.375. The SMILES string of the molecule is CC(C)(C)C(O)C(C)(C)COC(=O)c1cccc(Br)c1. The van der Waals surface area contributed by atoms with E-state index in [0.29, 0.717) is 5.56 Å². The zero-order valence-electron chi connectivity index (χ0n) is 12.7. The summed E-state index contributed by atoms with van der Waals surface area (Å²) in [7, 11) is 0. The van der Waals surface area contributed by atoms with Gasteiger partial charge in [-0.3, -0.25) is 0 Å². The number of carbonyl (C=O) groups is 1. The van der Waals surface area contributed by atoms with E-state index in [4.69, 9.17) is 4.74 Å². The molecule has 3 nitrogen and oxygen atoms in total. The molecule has 0 saturated heterocycles. The lowest BCUT2D eigenvalue weighted by Gasteiger charge is -2.38. The van der Waals surface area contributed by atoms with Crippen LogP contribution in [0.3, 0.4) is 0 Å². The predicted molar refractivity (Wildman–Crippen MR) is 83.7 cm³/mol. The van der Waals surface area contributed by atoms with Gasteiger partial charge in [0, 0.05) is 9.89 Å². The van der Waals surface area contributed by atoms with Crippen LogP contribution in [0.2, 0.25) is 0 Å². The van der Waals surface area contributed by atoms with Crippen LogP contribution in [-0.2, 0) is 4.74 Å². The second-order valence-corrected chi connectivity index (χ2v) is 7.76. The van der Waals surface area contributed by atoms with Crippen LogP contribution in [0, 0.1) is 10.8 Å². The summed E-state index contributed by atoms with van der Waals surface area (Å²) in [6, 6.07) is 7.07. The zero-order valence-corrected chi connectivity index (χ0v) is 14.3. The summed E-state index contributed by atoms with van der Waals surface area (Å²) in [6.07, 6.45) is -0.565. The first-order valence-electron chi connectivity index (χ1n) is 6.65. The fourth-order valence-electron chi connectivity index (χ4n) is 2.20. The highest BCUT2D eigenvalue weighted by atomic mass is 79.9. The van der Waals surface area contributed by atoms with E-state index in [9.17, 15) is 9.90 Å². The van der Waals surface area contributed by atoms with Gasteiger partial charge in [-0.05, 0) is 23.6 Å². The van der Waals surface area contributed by atoms with E-state index in [-0.39, 0.29) is 18.0 Å². The standard InChI is InChI=1S/C16H23BrO3/c1-15(2,3)14(19)16(4,5)10-20-13(18)11-7-6-8-12(17)9-11/h6-9,14,19H,10H2,1-5H3. The third kappa shape index (κ3) is 4.60. The van der Waals surface area contributed by atoms with Crippen molar-refractivity contribution in [1.29, 1.82) is 0 Å². The monoisotopic (exact) mass is 342 g/mol. The van der Waals surface area contributed by atoms with Gasteiger partial charge in [-0.1, -0.05) is 56.6 Å². The normalized spacial score (nSPS) is 13.9. The number of esters is 1. The first-order valence-corrected chi connectivity index (χ1v) is 7.44.